The van der Waals surface area contributed by atoms with E-state index in [4.69, 9.17) is 23.2 Å². The van der Waals surface area contributed by atoms with Gasteiger partial charge in [-0.25, -0.2) is 0 Å². The number of benzene rings is 2. The minimum atomic E-state index is -0.460. The molecule has 7 heteroatoms. The second kappa shape index (κ2) is 10.4. The number of Topliss-reactive ketones (excluding diaryl/α,β-unsaturated/α-hetero) is 2. The maximum absolute atomic E-state index is 13.2. The Hall–Kier alpha value is -2.89. The van der Waals surface area contributed by atoms with Crippen molar-refractivity contribution in [3.8, 4) is 5.75 Å². The van der Waals surface area contributed by atoms with Crippen LogP contribution >= 0.6 is 23.2 Å². The van der Waals surface area contributed by atoms with Crippen LogP contribution in [-0.2, 0) is 9.59 Å². The van der Waals surface area contributed by atoms with E-state index in [9.17, 15) is 19.5 Å². The first-order valence-corrected chi connectivity index (χ1v) is 11.4. The van der Waals surface area contributed by atoms with Gasteiger partial charge in [-0.15, -0.1) is 0 Å². The first-order valence-electron chi connectivity index (χ1n) is 10.6. The molecule has 0 saturated carbocycles. The molecule has 2 aromatic rings. The van der Waals surface area contributed by atoms with Gasteiger partial charge in [0.05, 0.1) is 15.6 Å². The maximum Gasteiger partial charge on any atom is 0.255 e. The molecule has 1 aliphatic rings. The fourth-order valence-electron chi connectivity index (χ4n) is 4.05. The van der Waals surface area contributed by atoms with Crippen molar-refractivity contribution in [2.24, 2.45) is 0 Å². The molecule has 172 valence electrons. The van der Waals surface area contributed by atoms with E-state index < -0.39 is 5.92 Å². The molecule has 1 aliphatic carbocycles. The number of carbonyl (C=O) groups excluding carboxylic acids is 3. The Labute approximate surface area is 203 Å². The monoisotopic (exact) mass is 485 g/mol. The first kappa shape index (κ1) is 24.7. The van der Waals surface area contributed by atoms with Gasteiger partial charge in [0.1, 0.15) is 5.75 Å². The van der Waals surface area contributed by atoms with Crippen LogP contribution in [0.4, 0.5) is 0 Å². The number of hydrogen-bond acceptors (Lipinski definition) is 4. The summed E-state index contributed by atoms with van der Waals surface area (Å²) in [6, 6.07) is 11.5. The number of phenols is 1. The molecule has 3 rings (SSSR count). The SMILES string of the molecule is CC1=C(C)C(=O)C(C(CCCNC(=O)c2ccccc2O)c2cccc(Cl)c2Cl)=C(C)C1=O. The number of halogens is 2. The van der Waals surface area contributed by atoms with Crippen molar-refractivity contribution >= 4 is 40.7 Å². The molecule has 0 aliphatic heterocycles. The highest BCUT2D eigenvalue weighted by atomic mass is 35.5. The highest BCUT2D eigenvalue weighted by molar-refractivity contribution is 6.42. The fourth-order valence-corrected chi connectivity index (χ4v) is 4.49. The second-order valence-electron chi connectivity index (χ2n) is 8.06. The summed E-state index contributed by atoms with van der Waals surface area (Å²) in [5.41, 5.74) is 2.55. The number of amides is 1. The van der Waals surface area contributed by atoms with Gasteiger partial charge in [0, 0.05) is 34.8 Å². The number of phenolic OH excluding ortho intramolecular Hbond substituents is 1. The van der Waals surface area contributed by atoms with Gasteiger partial charge in [-0.1, -0.05) is 47.5 Å². The summed E-state index contributed by atoms with van der Waals surface area (Å²) < 4.78 is 0. The Balaban J connectivity index is 1.86. The smallest absolute Gasteiger partial charge is 0.255 e. The van der Waals surface area contributed by atoms with E-state index in [1.165, 1.54) is 12.1 Å². The summed E-state index contributed by atoms with van der Waals surface area (Å²) in [6.45, 7) is 5.29. The Kier molecular flexibility index (Phi) is 7.77. The lowest BCUT2D eigenvalue weighted by Gasteiger charge is -2.27. The molecule has 1 amide bonds. The van der Waals surface area contributed by atoms with Crippen molar-refractivity contribution < 1.29 is 19.5 Å². The van der Waals surface area contributed by atoms with Crippen LogP contribution in [0.1, 0.15) is 55.5 Å². The number of carbonyl (C=O) groups is 3. The number of ketones is 2. The van der Waals surface area contributed by atoms with E-state index in [-0.39, 0.29) is 28.8 Å². The van der Waals surface area contributed by atoms with Gasteiger partial charge in [0.2, 0.25) is 0 Å². The van der Waals surface area contributed by atoms with E-state index in [0.29, 0.717) is 57.3 Å². The third kappa shape index (κ3) is 5.05. The summed E-state index contributed by atoms with van der Waals surface area (Å²) in [7, 11) is 0. The molecule has 0 spiro atoms. The van der Waals surface area contributed by atoms with Gasteiger partial charge in [0.25, 0.3) is 5.91 Å². The van der Waals surface area contributed by atoms with E-state index in [1.54, 1.807) is 51.1 Å². The predicted octanol–water partition coefficient (Wildman–Crippen LogP) is 5.80. The molecule has 2 aromatic carbocycles. The van der Waals surface area contributed by atoms with Gasteiger partial charge in [-0.3, -0.25) is 14.4 Å². The van der Waals surface area contributed by atoms with Crippen LogP contribution in [0.25, 0.3) is 0 Å². The Morgan fingerprint density at radius 1 is 0.939 bits per heavy atom. The van der Waals surface area contributed by atoms with E-state index in [0.717, 1.165) is 0 Å². The summed E-state index contributed by atoms with van der Waals surface area (Å²) in [4.78, 5) is 38.4. The third-order valence-electron chi connectivity index (χ3n) is 6.04. The van der Waals surface area contributed by atoms with Crippen LogP contribution in [0.2, 0.25) is 10.0 Å². The van der Waals surface area contributed by atoms with Crippen LogP contribution in [-0.4, -0.2) is 29.1 Å². The standard InChI is InChI=1S/C26H25Cl2NO4/c1-14-15(2)25(32)22(16(3)24(14)31)17(18-9-6-11-20(27)23(18)28)10-7-13-29-26(33)19-8-4-5-12-21(19)30/h4-6,8-9,11-12,17,30H,7,10,13H2,1-3H3,(H,29,33). The molecule has 0 bridgehead atoms. The van der Waals surface area contributed by atoms with Crippen LogP contribution in [0.5, 0.6) is 5.75 Å². The molecular weight excluding hydrogens is 461 g/mol. The molecule has 1 unspecified atom stereocenters. The molecule has 0 aromatic heterocycles. The van der Waals surface area contributed by atoms with E-state index in [2.05, 4.69) is 5.32 Å². The summed E-state index contributed by atoms with van der Waals surface area (Å²) in [5, 5.41) is 13.4. The average Bonchev–Trinajstić information content (AvgIpc) is 2.80. The molecule has 5 nitrogen and oxygen atoms in total. The Morgan fingerprint density at radius 3 is 2.30 bits per heavy atom. The van der Waals surface area contributed by atoms with Crippen molar-refractivity contribution in [1.29, 1.82) is 0 Å². The summed E-state index contributed by atoms with van der Waals surface area (Å²) in [6.07, 6.45) is 0.964. The molecule has 0 saturated heterocycles. The second-order valence-corrected chi connectivity index (χ2v) is 8.84. The molecule has 1 atom stereocenters. The number of nitrogens with one attached hydrogen (secondary N) is 1. The maximum atomic E-state index is 13.2. The largest absolute Gasteiger partial charge is 0.507 e. The van der Waals surface area contributed by atoms with E-state index >= 15 is 0 Å². The lowest BCUT2D eigenvalue weighted by atomic mass is 9.76. The first-order chi connectivity index (χ1) is 15.6. The highest BCUT2D eigenvalue weighted by Crippen LogP contribution is 2.41. The summed E-state index contributed by atoms with van der Waals surface area (Å²) in [5.74, 6) is -1.28. The van der Waals surface area contributed by atoms with Crippen LogP contribution in [0.3, 0.4) is 0 Å². The zero-order valence-corrected chi connectivity index (χ0v) is 20.2. The minimum absolute atomic E-state index is 0.0942. The molecular formula is C26H25Cl2NO4. The number of para-hydroxylation sites is 1. The third-order valence-corrected chi connectivity index (χ3v) is 6.88. The van der Waals surface area contributed by atoms with Crippen LogP contribution in [0.15, 0.2) is 64.8 Å². The van der Waals surface area contributed by atoms with Gasteiger partial charge >= 0.3 is 0 Å². The Bertz CT molecular complexity index is 1200. The van der Waals surface area contributed by atoms with E-state index in [1.807, 2.05) is 0 Å². The number of aromatic hydroxyl groups is 1. The van der Waals surface area contributed by atoms with Crippen molar-refractivity contribution in [2.45, 2.75) is 39.5 Å². The van der Waals surface area contributed by atoms with Crippen molar-refractivity contribution in [3.63, 3.8) is 0 Å². The zero-order chi connectivity index (χ0) is 24.3. The number of rotatable bonds is 7. The van der Waals surface area contributed by atoms with Gasteiger partial charge < -0.3 is 10.4 Å². The van der Waals surface area contributed by atoms with Gasteiger partial charge in [-0.05, 0) is 57.4 Å². The number of allylic oxidation sites excluding steroid dienone is 4. The quantitative estimate of drug-likeness (QED) is 0.383. The van der Waals surface area contributed by atoms with Crippen molar-refractivity contribution in [2.75, 3.05) is 6.54 Å². The summed E-state index contributed by atoms with van der Waals surface area (Å²) >= 11 is 12.8. The van der Waals surface area contributed by atoms with Crippen LogP contribution in [0, 0.1) is 0 Å². The normalized spacial score (nSPS) is 15.2. The Morgan fingerprint density at radius 2 is 1.61 bits per heavy atom. The predicted molar refractivity (Wildman–Crippen MR) is 130 cm³/mol. The number of hydrogen-bond donors (Lipinski definition) is 2. The highest BCUT2D eigenvalue weighted by Gasteiger charge is 2.34. The van der Waals surface area contributed by atoms with Gasteiger partial charge in [-0.2, -0.15) is 0 Å². The topological polar surface area (TPSA) is 83.5 Å². The minimum Gasteiger partial charge on any atom is -0.507 e. The van der Waals surface area contributed by atoms with Crippen LogP contribution < -0.4 is 5.32 Å². The van der Waals surface area contributed by atoms with Gasteiger partial charge in [0.15, 0.2) is 11.6 Å². The lowest BCUT2D eigenvalue weighted by Crippen LogP contribution is -2.27. The molecule has 0 heterocycles. The molecule has 0 fully saturated rings. The fraction of sp³-hybridized carbons (Fsp3) is 0.269. The van der Waals surface area contributed by atoms with Crippen molar-refractivity contribution in [3.05, 3.63) is 85.9 Å². The molecule has 2 N–H and O–H groups in total. The van der Waals surface area contributed by atoms with Crippen molar-refractivity contribution in [1.82, 2.24) is 5.32 Å². The lowest BCUT2D eigenvalue weighted by molar-refractivity contribution is -0.116. The molecule has 0 radical (unpaired) electrons. The zero-order valence-electron chi connectivity index (χ0n) is 18.7. The molecule has 33 heavy (non-hydrogen) atoms. The average molecular weight is 486 g/mol.